The predicted octanol–water partition coefficient (Wildman–Crippen LogP) is 0.194. The van der Waals surface area contributed by atoms with Crippen LogP contribution in [0.2, 0.25) is 0 Å². The van der Waals surface area contributed by atoms with Crippen LogP contribution in [0.5, 0.6) is 0 Å². The first-order valence-corrected chi connectivity index (χ1v) is 3.92. The summed E-state index contributed by atoms with van der Waals surface area (Å²) in [5.74, 6) is 0. The molecule has 1 radical (unpaired) electrons. The minimum Gasteiger partial charge on any atom is -0.282 e. The Labute approximate surface area is 88.2 Å². The number of pyridine rings is 1. The smallest absolute Gasteiger partial charge is 0.282 e. The molecule has 0 unspecified atom stereocenters. The molecule has 1 aromatic heterocycles. The molecule has 0 fully saturated rings. The molecule has 0 amide bonds. The fourth-order valence-electron chi connectivity index (χ4n) is 0.500. The Morgan fingerprint density at radius 2 is 2.18 bits per heavy atom. The van der Waals surface area contributed by atoms with Gasteiger partial charge >= 0.3 is 0 Å². The summed E-state index contributed by atoms with van der Waals surface area (Å²) in [5.41, 5.74) is 0. The third kappa shape index (κ3) is 3.31. The Morgan fingerprint density at radius 1 is 1.55 bits per heavy atom. The molecule has 0 bridgehead atoms. The molecule has 11 heavy (non-hydrogen) atoms. The Kier molecular flexibility index (Phi) is 4.20. The van der Waals surface area contributed by atoms with Crippen LogP contribution in [-0.4, -0.2) is 47.5 Å². The van der Waals surface area contributed by atoms with E-state index in [1.807, 2.05) is 0 Å². The van der Waals surface area contributed by atoms with Gasteiger partial charge in [-0.05, 0) is 12.1 Å². The van der Waals surface area contributed by atoms with Gasteiger partial charge in [-0.3, -0.25) is 9.54 Å². The Bertz CT molecular complexity index is 315. The second kappa shape index (κ2) is 4.18. The molecule has 0 aromatic carbocycles. The maximum Gasteiger partial charge on any atom is 0.296 e. The average Bonchev–Trinajstić information content (AvgIpc) is 1.88. The Hall–Kier alpha value is 0.0600. The van der Waals surface area contributed by atoms with Gasteiger partial charge in [-0.15, -0.1) is 0 Å². The molecular weight excluding hydrogens is 177 g/mol. The molecule has 0 aliphatic carbocycles. The monoisotopic (exact) mass is 184 g/mol. The maximum absolute atomic E-state index is 10.3. The van der Waals surface area contributed by atoms with Gasteiger partial charge in [0.1, 0.15) is 4.90 Å². The predicted molar refractivity (Wildman–Crippen MR) is 41.9 cm³/mol. The zero-order valence-electron chi connectivity index (χ0n) is 5.93. The molecule has 0 aliphatic heterocycles. The molecule has 1 N–H and O–H groups in total. The topological polar surface area (TPSA) is 67.3 Å². The maximum atomic E-state index is 10.3. The molecule has 1 heterocycles. The van der Waals surface area contributed by atoms with Crippen LogP contribution in [0.15, 0.2) is 29.4 Å². The van der Waals surface area contributed by atoms with Crippen molar-refractivity contribution in [2.75, 3.05) is 0 Å². The molecule has 0 atom stereocenters. The van der Waals surface area contributed by atoms with E-state index in [2.05, 4.69) is 4.98 Å². The fraction of sp³-hybridized carbons (Fsp3) is 0. The van der Waals surface area contributed by atoms with E-state index in [9.17, 15) is 8.42 Å². The number of nitrogens with zero attached hydrogens (tertiary/aromatic N) is 1. The third-order valence-electron chi connectivity index (χ3n) is 0.932. The number of rotatable bonds is 1. The summed E-state index contributed by atoms with van der Waals surface area (Å²) in [7, 11) is -4.07. The van der Waals surface area contributed by atoms with Crippen molar-refractivity contribution in [3.05, 3.63) is 24.5 Å². The van der Waals surface area contributed by atoms with Crippen LogP contribution in [-0.2, 0) is 10.1 Å². The van der Waals surface area contributed by atoms with Crippen LogP contribution in [0.3, 0.4) is 0 Å². The van der Waals surface area contributed by atoms with Crippen LogP contribution in [0.4, 0.5) is 0 Å². The minimum atomic E-state index is -4.07. The molecule has 1 aromatic rings. The second-order valence-electron chi connectivity index (χ2n) is 1.66. The van der Waals surface area contributed by atoms with Gasteiger partial charge in [0.05, 0.1) is 0 Å². The second-order valence-corrected chi connectivity index (χ2v) is 3.09. The molecule has 0 saturated carbocycles. The zero-order chi connectivity index (χ0) is 7.61. The molecular formula is C5H7NNaO3S. The van der Waals surface area contributed by atoms with E-state index >= 15 is 0 Å². The van der Waals surface area contributed by atoms with Crippen molar-refractivity contribution in [1.82, 2.24) is 4.98 Å². The van der Waals surface area contributed by atoms with Crippen LogP contribution < -0.4 is 0 Å². The van der Waals surface area contributed by atoms with E-state index in [1.165, 1.54) is 18.3 Å². The van der Waals surface area contributed by atoms with E-state index in [-0.39, 0.29) is 35.9 Å². The third-order valence-corrected chi connectivity index (χ3v) is 1.77. The van der Waals surface area contributed by atoms with E-state index in [0.717, 1.165) is 6.20 Å². The van der Waals surface area contributed by atoms with Crippen LogP contribution in [0.25, 0.3) is 0 Å². The Balaban J connectivity index is 0. The van der Waals surface area contributed by atoms with Crippen LogP contribution in [0.1, 0.15) is 1.43 Å². The van der Waals surface area contributed by atoms with E-state index < -0.39 is 10.1 Å². The molecule has 0 spiro atoms. The van der Waals surface area contributed by atoms with Crippen molar-refractivity contribution in [3.8, 4) is 0 Å². The van der Waals surface area contributed by atoms with Crippen molar-refractivity contribution in [1.29, 1.82) is 0 Å². The quantitative estimate of drug-likeness (QED) is 0.500. The molecule has 1 rings (SSSR count). The van der Waals surface area contributed by atoms with Crippen LogP contribution >= 0.6 is 0 Å². The first-order chi connectivity index (χ1) is 4.61. The van der Waals surface area contributed by atoms with Gasteiger partial charge in [-0.2, -0.15) is 8.42 Å². The number of hydrogen-bond donors (Lipinski definition) is 1. The van der Waals surface area contributed by atoms with Crippen molar-refractivity contribution < 1.29 is 14.4 Å². The van der Waals surface area contributed by atoms with Gasteiger partial charge in [0.15, 0.2) is 0 Å². The van der Waals surface area contributed by atoms with Gasteiger partial charge < -0.3 is 0 Å². The first-order valence-electron chi connectivity index (χ1n) is 2.48. The summed E-state index contributed by atoms with van der Waals surface area (Å²) in [6.45, 7) is 0. The molecule has 6 heteroatoms. The van der Waals surface area contributed by atoms with Crippen molar-refractivity contribution in [3.63, 3.8) is 0 Å². The number of hydrogen-bond acceptors (Lipinski definition) is 3. The van der Waals surface area contributed by atoms with Crippen LogP contribution in [0, 0.1) is 0 Å². The summed E-state index contributed by atoms with van der Waals surface area (Å²) in [6.07, 6.45) is 2.50. The standard InChI is InChI=1S/C5H5NO3S.Na.H2/c7-10(8,9)5-2-1-3-6-4-5;;/h1-4H,(H,7,8,9);;1H. The van der Waals surface area contributed by atoms with Gasteiger partial charge in [0.25, 0.3) is 10.1 Å². The summed E-state index contributed by atoms with van der Waals surface area (Å²) in [5, 5.41) is 0. The normalized spacial score (nSPS) is 10.3. The van der Waals surface area contributed by atoms with Gasteiger partial charge in [0.2, 0.25) is 0 Å². The van der Waals surface area contributed by atoms with Crippen molar-refractivity contribution in [2.24, 2.45) is 0 Å². The summed E-state index contributed by atoms with van der Waals surface area (Å²) in [6, 6.07) is 2.70. The van der Waals surface area contributed by atoms with E-state index in [0.29, 0.717) is 0 Å². The summed E-state index contributed by atoms with van der Waals surface area (Å²) < 4.78 is 29.1. The van der Waals surface area contributed by atoms with Crippen molar-refractivity contribution in [2.45, 2.75) is 4.90 Å². The Morgan fingerprint density at radius 3 is 2.45 bits per heavy atom. The summed E-state index contributed by atoms with van der Waals surface area (Å²) >= 11 is 0. The summed E-state index contributed by atoms with van der Waals surface area (Å²) in [4.78, 5) is 3.33. The van der Waals surface area contributed by atoms with Crippen molar-refractivity contribution >= 4 is 39.7 Å². The molecule has 0 aliphatic rings. The average molecular weight is 184 g/mol. The molecule has 0 saturated heterocycles. The van der Waals surface area contributed by atoms with E-state index in [1.54, 1.807) is 0 Å². The first kappa shape index (κ1) is 11.1. The zero-order valence-corrected chi connectivity index (χ0v) is 8.75. The fourth-order valence-corrected chi connectivity index (χ4v) is 0.944. The minimum absolute atomic E-state index is 0. The SMILES string of the molecule is O=S(=O)(O)c1cccnc1.[HH].[Na]. The van der Waals surface area contributed by atoms with Gasteiger partial charge in [-0.1, -0.05) is 0 Å². The largest absolute Gasteiger partial charge is 0.296 e. The molecule has 57 valence electrons. The van der Waals surface area contributed by atoms with Gasteiger partial charge in [-0.25, -0.2) is 0 Å². The van der Waals surface area contributed by atoms with E-state index in [4.69, 9.17) is 4.55 Å². The number of aromatic nitrogens is 1. The van der Waals surface area contributed by atoms with Gasteiger partial charge in [0, 0.05) is 43.4 Å². The molecule has 4 nitrogen and oxygen atoms in total.